The molecule has 1 fully saturated rings. The zero-order valence-corrected chi connectivity index (χ0v) is 39.1. The number of benzene rings is 2. The summed E-state index contributed by atoms with van der Waals surface area (Å²) in [7, 11) is -2.94. The molecule has 0 atom stereocenters. The Morgan fingerprint density at radius 1 is 0.696 bits per heavy atom. The summed E-state index contributed by atoms with van der Waals surface area (Å²) in [5.74, 6) is 2.25. The van der Waals surface area contributed by atoms with E-state index < -0.39 is 10.0 Å². The van der Waals surface area contributed by atoms with Gasteiger partial charge in [-0.1, -0.05) is 113 Å². The van der Waals surface area contributed by atoms with Gasteiger partial charge >= 0.3 is 0 Å². The van der Waals surface area contributed by atoms with Gasteiger partial charge in [-0.2, -0.15) is 0 Å². The summed E-state index contributed by atoms with van der Waals surface area (Å²) in [4.78, 5) is 9.19. The Bertz CT molecular complexity index is 1570. The van der Waals surface area contributed by atoms with Crippen molar-refractivity contribution in [2.45, 2.75) is 199 Å². The third kappa shape index (κ3) is 24.2. The molecule has 0 aliphatic heterocycles. The van der Waals surface area contributed by atoms with Crippen LogP contribution < -0.4 is 9.46 Å². The van der Waals surface area contributed by atoms with Crippen molar-refractivity contribution in [1.29, 1.82) is 0 Å². The molecular weight excluding hydrogens is 719 g/mol. The predicted octanol–water partition coefficient (Wildman–Crippen LogP) is 12.9. The number of ether oxygens (including phenoxy) is 3. The molecule has 3 aromatic rings. The van der Waals surface area contributed by atoms with Crippen LogP contribution >= 0.6 is 0 Å². The molecule has 1 saturated carbocycles. The predicted molar refractivity (Wildman–Crippen MR) is 243 cm³/mol. The highest BCUT2D eigenvalue weighted by Gasteiger charge is 2.35. The second kappa shape index (κ2) is 26.4. The van der Waals surface area contributed by atoms with Crippen LogP contribution in [0.15, 0.2) is 48.5 Å². The maximum atomic E-state index is 11.1. The van der Waals surface area contributed by atoms with E-state index >= 15 is 0 Å². The molecule has 8 nitrogen and oxygen atoms in total. The molecule has 324 valence electrons. The second-order valence-corrected chi connectivity index (χ2v) is 19.6. The number of sulfonamides is 1. The van der Waals surface area contributed by atoms with Gasteiger partial charge in [-0.25, -0.2) is 23.1 Å². The molecule has 4 rings (SSSR count). The molecule has 0 spiro atoms. The van der Waals surface area contributed by atoms with E-state index in [1.807, 2.05) is 65.8 Å². The van der Waals surface area contributed by atoms with Crippen molar-refractivity contribution in [2.24, 2.45) is 5.41 Å². The van der Waals surface area contributed by atoms with E-state index in [4.69, 9.17) is 14.2 Å². The van der Waals surface area contributed by atoms with Gasteiger partial charge in [0, 0.05) is 17.4 Å². The van der Waals surface area contributed by atoms with Crippen LogP contribution in [0, 0.1) is 5.41 Å². The lowest BCUT2D eigenvalue weighted by atomic mass is 9.96. The average molecular weight is 804 g/mol. The molecule has 0 saturated heterocycles. The van der Waals surface area contributed by atoms with E-state index in [2.05, 4.69) is 129 Å². The van der Waals surface area contributed by atoms with E-state index in [1.165, 1.54) is 11.1 Å². The van der Waals surface area contributed by atoms with Crippen LogP contribution in [-0.2, 0) is 19.5 Å². The van der Waals surface area contributed by atoms with Crippen molar-refractivity contribution in [2.75, 3.05) is 13.2 Å². The number of nitrogens with zero attached hydrogens (tertiary/aromatic N) is 2. The van der Waals surface area contributed by atoms with Gasteiger partial charge in [-0.3, -0.25) is 0 Å². The molecule has 0 unspecified atom stereocenters. The Morgan fingerprint density at radius 2 is 1.18 bits per heavy atom. The molecule has 0 radical (unpaired) electrons. The zero-order valence-electron chi connectivity index (χ0n) is 38.3. The molecule has 1 aliphatic carbocycles. The first-order valence-electron chi connectivity index (χ1n) is 20.6. The molecule has 2 aromatic carbocycles. The maximum absolute atomic E-state index is 11.1. The zero-order chi connectivity index (χ0) is 42.7. The lowest BCUT2D eigenvalue weighted by Crippen LogP contribution is -2.32. The van der Waals surface area contributed by atoms with Gasteiger partial charge in [0.2, 0.25) is 15.9 Å². The van der Waals surface area contributed by atoms with Crippen LogP contribution in [0.25, 0.3) is 11.0 Å². The quantitative estimate of drug-likeness (QED) is 0.184. The monoisotopic (exact) mass is 804 g/mol. The van der Waals surface area contributed by atoms with Crippen molar-refractivity contribution in [3.8, 4) is 5.88 Å². The van der Waals surface area contributed by atoms with Gasteiger partial charge in [0.1, 0.15) is 5.69 Å². The van der Waals surface area contributed by atoms with E-state index in [0.29, 0.717) is 29.7 Å². The lowest BCUT2D eigenvalue weighted by molar-refractivity contribution is -0.0745. The average Bonchev–Trinajstić information content (AvgIpc) is 3.94. The minimum atomic E-state index is -2.94. The lowest BCUT2D eigenvalue weighted by Gasteiger charge is -2.30. The van der Waals surface area contributed by atoms with Crippen molar-refractivity contribution in [3.05, 3.63) is 65.4 Å². The Balaban J connectivity index is 0. The summed E-state index contributed by atoms with van der Waals surface area (Å²) in [5, 5.41) is -0.0881. The van der Waals surface area contributed by atoms with Crippen LogP contribution in [0.4, 0.5) is 0 Å². The Hall–Kier alpha value is -2.59. The largest absolute Gasteiger partial charge is 0.474 e. The Morgan fingerprint density at radius 3 is 1.55 bits per heavy atom. The van der Waals surface area contributed by atoms with E-state index in [0.717, 1.165) is 42.8 Å². The number of para-hydroxylation sites is 2. The van der Waals surface area contributed by atoms with Gasteiger partial charge in [0.15, 0.2) is 0 Å². The Kier molecular flexibility index (Phi) is 26.2. The third-order valence-corrected chi connectivity index (χ3v) is 9.92. The first-order valence-corrected chi connectivity index (χ1v) is 22.2. The fraction of sp³-hybridized carbons (Fsp3) is 0.702. The second-order valence-electron chi connectivity index (χ2n) is 17.6. The molecule has 1 aliphatic rings. The molecule has 9 heteroatoms. The van der Waals surface area contributed by atoms with E-state index in [-0.39, 0.29) is 35.8 Å². The summed E-state index contributed by atoms with van der Waals surface area (Å²) in [6, 6.07) is 16.8. The first-order chi connectivity index (χ1) is 25.3. The topological polar surface area (TPSA) is 99.6 Å². The standard InChI is InChI=1S/C14H18N2O.C12H26O2.C12H18.C6H13NO2S.C2H6.CH4/c1-9(2)13-14(17-10(3)4)16-12-8-6-5-7-11(12)15-13;1-10(2)13-8-12(6,7)9-14-11(3,4)5;1-9(2)11-6-5-7-12(8-11)10(3)4;1-5(2)7-10(8,9)6-3-4-6;1-2;/h5-10H,1-4H3;10H,8-9H2,1-7H3;5-10H,1-4H3;5-7H,3-4H2,1-2H3;1-2H3;1H4. The highest BCUT2D eigenvalue weighted by molar-refractivity contribution is 7.90. The summed E-state index contributed by atoms with van der Waals surface area (Å²) < 4.78 is 41.8. The van der Waals surface area contributed by atoms with Crippen LogP contribution in [0.1, 0.15) is 186 Å². The fourth-order valence-corrected chi connectivity index (χ4v) is 6.22. The van der Waals surface area contributed by atoms with Crippen LogP contribution in [0.5, 0.6) is 5.88 Å². The molecule has 0 amide bonds. The molecule has 1 aromatic heterocycles. The van der Waals surface area contributed by atoms with Gasteiger partial charge in [0.05, 0.1) is 47.3 Å². The fourth-order valence-electron chi connectivity index (χ4n) is 4.61. The molecule has 1 N–H and O–H groups in total. The highest BCUT2D eigenvalue weighted by atomic mass is 32.2. The summed E-state index contributed by atoms with van der Waals surface area (Å²) in [6.07, 6.45) is 2.08. The smallest absolute Gasteiger partial charge is 0.236 e. The maximum Gasteiger partial charge on any atom is 0.236 e. The summed E-state index contributed by atoms with van der Waals surface area (Å²) in [5.41, 5.74) is 5.66. The molecule has 1 heterocycles. The van der Waals surface area contributed by atoms with Gasteiger partial charge < -0.3 is 14.2 Å². The van der Waals surface area contributed by atoms with Crippen molar-refractivity contribution in [3.63, 3.8) is 0 Å². The molecular formula is C47H85N3O5S. The number of nitrogens with one attached hydrogen (secondary N) is 1. The van der Waals surface area contributed by atoms with Gasteiger partial charge in [-0.15, -0.1) is 0 Å². The van der Waals surface area contributed by atoms with Crippen molar-refractivity contribution >= 4 is 21.1 Å². The number of hydrogen-bond donors (Lipinski definition) is 1. The van der Waals surface area contributed by atoms with E-state index in [9.17, 15) is 8.42 Å². The SMILES string of the molecule is C.CC.CC(C)NS(=O)(=O)C1CC1.CC(C)OCC(C)(C)COC(C)(C)C.CC(C)Oc1nc2ccccc2nc1C(C)C.CC(C)c1cccc(C(C)C)c1. The minimum absolute atomic E-state index is 0. The third-order valence-electron chi connectivity index (χ3n) is 7.77. The van der Waals surface area contributed by atoms with Crippen molar-refractivity contribution < 1.29 is 22.6 Å². The van der Waals surface area contributed by atoms with Gasteiger partial charge in [0.25, 0.3) is 0 Å². The van der Waals surface area contributed by atoms with E-state index in [1.54, 1.807) is 0 Å². The normalized spacial score (nSPS) is 12.9. The van der Waals surface area contributed by atoms with Crippen molar-refractivity contribution in [1.82, 2.24) is 14.7 Å². The van der Waals surface area contributed by atoms with Gasteiger partial charge in [-0.05, 0) is 110 Å². The minimum Gasteiger partial charge on any atom is -0.474 e. The van der Waals surface area contributed by atoms with Crippen LogP contribution in [0.2, 0.25) is 0 Å². The van der Waals surface area contributed by atoms with Crippen LogP contribution in [-0.4, -0.2) is 60.7 Å². The highest BCUT2D eigenvalue weighted by Crippen LogP contribution is 2.28. The number of hydrogen-bond acceptors (Lipinski definition) is 7. The molecule has 0 bridgehead atoms. The number of rotatable bonds is 13. The summed E-state index contributed by atoms with van der Waals surface area (Å²) >= 11 is 0. The number of aromatic nitrogens is 2. The number of fused-ring (bicyclic) bond motifs is 1. The first kappa shape index (κ1) is 55.5. The Labute approximate surface area is 345 Å². The molecule has 56 heavy (non-hydrogen) atoms. The van der Waals surface area contributed by atoms with Crippen LogP contribution in [0.3, 0.4) is 0 Å². The summed E-state index contributed by atoms with van der Waals surface area (Å²) in [6.45, 7) is 41.0.